The van der Waals surface area contributed by atoms with Crippen LogP contribution in [0.4, 0.5) is 9.57 Å². The zero-order valence-electron chi connectivity index (χ0n) is 12.8. The first-order valence-corrected chi connectivity index (χ1v) is 9.67. The van der Waals surface area contributed by atoms with Crippen LogP contribution in [0, 0.1) is 0 Å². The largest absolute Gasteiger partial charge is 0.310 e. The number of aromatic nitrogens is 1. The number of carbonyl (C=O) groups excluding carboxylic acids is 1. The predicted molar refractivity (Wildman–Crippen MR) is 83.7 cm³/mol. The third kappa shape index (κ3) is 2.45. The van der Waals surface area contributed by atoms with E-state index in [1.807, 2.05) is 0 Å². The molecule has 0 saturated carbocycles. The maximum absolute atomic E-state index is 13.4. The molecule has 0 N–H and O–H groups in total. The molecular weight excluding hydrogens is 319 g/mol. The zero-order chi connectivity index (χ0) is 16.2. The second kappa shape index (κ2) is 5.26. The maximum atomic E-state index is 13.4. The van der Waals surface area contributed by atoms with Crippen LogP contribution >= 0.6 is 0 Å². The van der Waals surface area contributed by atoms with Gasteiger partial charge in [0.05, 0.1) is 5.69 Å². The Labute approximate surface area is 135 Å². The van der Waals surface area contributed by atoms with Gasteiger partial charge in [0.1, 0.15) is 5.25 Å². The Morgan fingerprint density at radius 2 is 1.61 bits per heavy atom. The summed E-state index contributed by atoms with van der Waals surface area (Å²) in [5.74, 6) is -0.288. The molecule has 0 bridgehead atoms. The summed E-state index contributed by atoms with van der Waals surface area (Å²) < 4.78 is 35.8. The topological polar surface area (TPSA) is 67.3 Å². The van der Waals surface area contributed by atoms with E-state index in [4.69, 9.17) is 4.98 Å². The summed E-state index contributed by atoms with van der Waals surface area (Å²) in [5, 5.41) is -1.24. The summed E-state index contributed by atoms with van der Waals surface area (Å²) in [4.78, 5) is 18.7. The number of anilines is 1. The summed E-state index contributed by atoms with van der Waals surface area (Å²) in [6, 6.07) is 0. The average molecular weight is 338 g/mol. The van der Waals surface area contributed by atoms with E-state index in [2.05, 4.69) is 0 Å². The second-order valence-electron chi connectivity index (χ2n) is 6.68. The number of amides is 1. The van der Waals surface area contributed by atoms with Crippen molar-refractivity contribution in [1.29, 1.82) is 0 Å². The Balaban J connectivity index is 1.83. The predicted octanol–water partition coefficient (Wildman–Crippen LogP) is 1.85. The highest BCUT2D eigenvalue weighted by Gasteiger charge is 2.41. The SMILES string of the molecule is O=C1CC(S(=O)(=O)F)CN1c1c2c(nc3c1CCC3)CCCC2. The lowest BCUT2D eigenvalue weighted by Gasteiger charge is -2.27. The Morgan fingerprint density at radius 1 is 1.00 bits per heavy atom. The summed E-state index contributed by atoms with van der Waals surface area (Å²) in [6.07, 6.45) is 6.42. The lowest BCUT2D eigenvalue weighted by Crippen LogP contribution is -2.30. The van der Waals surface area contributed by atoms with Gasteiger partial charge in [-0.2, -0.15) is 8.42 Å². The van der Waals surface area contributed by atoms with Crippen LogP contribution in [-0.2, 0) is 40.7 Å². The lowest BCUT2D eigenvalue weighted by atomic mass is 9.91. The standard InChI is InChI=1S/C16H19FN2O3S/c17-23(21,22)10-8-15(20)19(9-10)16-11-4-1-2-6-13(11)18-14-7-3-5-12(14)16/h10H,1-9H2. The molecule has 1 saturated heterocycles. The van der Waals surface area contributed by atoms with E-state index in [1.165, 1.54) is 4.90 Å². The summed E-state index contributed by atoms with van der Waals surface area (Å²) in [6.45, 7) is -0.0689. The Hall–Kier alpha value is -1.50. The number of hydrogen-bond acceptors (Lipinski definition) is 4. The van der Waals surface area contributed by atoms with E-state index in [9.17, 15) is 17.1 Å². The minimum atomic E-state index is -4.69. The molecule has 2 aliphatic carbocycles. The number of rotatable bonds is 2. The number of nitrogens with zero attached hydrogens (tertiary/aromatic N) is 2. The number of hydrogen-bond donors (Lipinski definition) is 0. The average Bonchev–Trinajstić information content (AvgIpc) is 3.10. The van der Waals surface area contributed by atoms with Gasteiger partial charge in [-0.1, -0.05) is 0 Å². The van der Waals surface area contributed by atoms with Crippen molar-refractivity contribution >= 4 is 21.8 Å². The fourth-order valence-electron chi connectivity index (χ4n) is 4.12. The van der Waals surface area contributed by atoms with E-state index in [-0.39, 0.29) is 18.9 Å². The smallest absolute Gasteiger partial charge is 0.307 e. The number of fused-ring (bicyclic) bond motifs is 2. The highest BCUT2D eigenvalue weighted by molar-refractivity contribution is 7.87. The van der Waals surface area contributed by atoms with Crippen LogP contribution in [0.2, 0.25) is 0 Å². The first-order chi connectivity index (χ1) is 10.9. The van der Waals surface area contributed by atoms with Crippen molar-refractivity contribution in [3.8, 4) is 0 Å². The maximum Gasteiger partial charge on any atom is 0.307 e. The molecule has 3 aliphatic rings. The summed E-state index contributed by atoms with van der Waals surface area (Å²) in [7, 11) is -4.69. The first kappa shape index (κ1) is 15.1. The molecule has 0 aromatic carbocycles. The van der Waals surface area contributed by atoms with Gasteiger partial charge in [0.15, 0.2) is 0 Å². The van der Waals surface area contributed by atoms with Crippen LogP contribution in [0.3, 0.4) is 0 Å². The van der Waals surface area contributed by atoms with Gasteiger partial charge in [-0.3, -0.25) is 9.78 Å². The van der Waals surface area contributed by atoms with Gasteiger partial charge in [0.25, 0.3) is 0 Å². The summed E-state index contributed by atoms with van der Waals surface area (Å²) in [5.41, 5.74) is 5.11. The molecule has 124 valence electrons. The molecule has 1 amide bonds. The zero-order valence-corrected chi connectivity index (χ0v) is 13.7. The monoisotopic (exact) mass is 338 g/mol. The number of halogens is 1. The van der Waals surface area contributed by atoms with Crippen LogP contribution in [-0.4, -0.2) is 31.1 Å². The van der Waals surface area contributed by atoms with Crippen molar-refractivity contribution in [2.45, 2.75) is 56.6 Å². The number of carbonyl (C=O) groups is 1. The van der Waals surface area contributed by atoms with Crippen molar-refractivity contribution in [2.75, 3.05) is 11.4 Å². The number of pyridine rings is 1. The van der Waals surface area contributed by atoms with E-state index in [0.29, 0.717) is 0 Å². The molecule has 1 aromatic rings. The molecule has 1 aliphatic heterocycles. The Bertz CT molecular complexity index is 791. The third-order valence-corrected chi connectivity index (χ3v) is 6.34. The molecule has 0 spiro atoms. The van der Waals surface area contributed by atoms with Crippen molar-refractivity contribution in [2.24, 2.45) is 0 Å². The highest BCUT2D eigenvalue weighted by atomic mass is 32.3. The third-order valence-electron chi connectivity index (χ3n) is 5.23. The molecule has 1 aromatic heterocycles. The lowest BCUT2D eigenvalue weighted by molar-refractivity contribution is -0.117. The van der Waals surface area contributed by atoms with Crippen LogP contribution < -0.4 is 4.90 Å². The van der Waals surface area contributed by atoms with Crippen LogP contribution in [0.1, 0.15) is 48.2 Å². The molecule has 0 radical (unpaired) electrons. The molecule has 23 heavy (non-hydrogen) atoms. The van der Waals surface area contributed by atoms with Crippen molar-refractivity contribution in [3.05, 3.63) is 22.5 Å². The minimum Gasteiger partial charge on any atom is -0.310 e. The second-order valence-corrected chi connectivity index (χ2v) is 8.30. The van der Waals surface area contributed by atoms with Gasteiger partial charge in [0.2, 0.25) is 5.91 Å². The normalized spacial score (nSPS) is 24.0. The Kier molecular flexibility index (Phi) is 3.44. The van der Waals surface area contributed by atoms with Crippen LogP contribution in [0.5, 0.6) is 0 Å². The van der Waals surface area contributed by atoms with Gasteiger partial charge in [-0.15, -0.1) is 3.89 Å². The van der Waals surface area contributed by atoms with Crippen LogP contribution in [0.25, 0.3) is 0 Å². The molecule has 7 heteroatoms. The molecule has 4 rings (SSSR count). The highest BCUT2D eigenvalue weighted by Crippen LogP contribution is 2.40. The molecule has 1 fully saturated rings. The number of aryl methyl sites for hydroxylation is 2. The van der Waals surface area contributed by atoms with E-state index in [0.717, 1.165) is 73.1 Å². The molecule has 1 atom stereocenters. The quantitative estimate of drug-likeness (QED) is 0.772. The van der Waals surface area contributed by atoms with E-state index < -0.39 is 15.5 Å². The van der Waals surface area contributed by atoms with Gasteiger partial charge < -0.3 is 4.90 Å². The van der Waals surface area contributed by atoms with Gasteiger partial charge in [-0.05, 0) is 56.1 Å². The molecule has 1 unspecified atom stereocenters. The fourth-order valence-corrected chi connectivity index (χ4v) is 4.79. The molecule has 2 heterocycles. The minimum absolute atomic E-state index is 0.0689. The fraction of sp³-hybridized carbons (Fsp3) is 0.625. The van der Waals surface area contributed by atoms with Crippen molar-refractivity contribution < 1.29 is 17.1 Å². The van der Waals surface area contributed by atoms with Crippen LogP contribution in [0.15, 0.2) is 0 Å². The van der Waals surface area contributed by atoms with Gasteiger partial charge >= 0.3 is 10.2 Å². The van der Waals surface area contributed by atoms with E-state index in [1.54, 1.807) is 0 Å². The van der Waals surface area contributed by atoms with Gasteiger partial charge in [-0.25, -0.2) is 0 Å². The molecular formula is C16H19FN2O3S. The van der Waals surface area contributed by atoms with Crippen molar-refractivity contribution in [1.82, 2.24) is 4.98 Å². The summed E-state index contributed by atoms with van der Waals surface area (Å²) >= 11 is 0. The van der Waals surface area contributed by atoms with Gasteiger partial charge in [0, 0.05) is 24.4 Å². The molecule has 5 nitrogen and oxygen atoms in total. The first-order valence-electron chi connectivity index (χ1n) is 8.22. The van der Waals surface area contributed by atoms with Crippen molar-refractivity contribution in [3.63, 3.8) is 0 Å². The van der Waals surface area contributed by atoms with E-state index >= 15 is 0 Å². The Morgan fingerprint density at radius 3 is 2.26 bits per heavy atom.